The van der Waals surface area contributed by atoms with Gasteiger partial charge in [-0.15, -0.1) is 0 Å². The van der Waals surface area contributed by atoms with Gasteiger partial charge < -0.3 is 5.32 Å². The summed E-state index contributed by atoms with van der Waals surface area (Å²) in [6.45, 7) is 0. The van der Waals surface area contributed by atoms with E-state index in [0.717, 1.165) is 10.2 Å². The molecule has 0 heterocycles. The summed E-state index contributed by atoms with van der Waals surface area (Å²) in [6.07, 6.45) is 1.90. The van der Waals surface area contributed by atoms with Crippen molar-refractivity contribution in [2.75, 3.05) is 17.3 Å². The molecule has 1 aromatic rings. The molecule has 4 heteroatoms. The summed E-state index contributed by atoms with van der Waals surface area (Å²) >= 11 is 4.86. The monoisotopic (exact) mass is 259 g/mol. The Morgan fingerprint density at radius 1 is 1.54 bits per heavy atom. The van der Waals surface area contributed by atoms with Gasteiger partial charge in [0.2, 0.25) is 5.91 Å². The van der Waals surface area contributed by atoms with E-state index in [-0.39, 0.29) is 5.91 Å². The van der Waals surface area contributed by atoms with Crippen molar-refractivity contribution in [3.63, 3.8) is 0 Å². The predicted molar refractivity (Wildman–Crippen MR) is 61.2 cm³/mol. The number of rotatable bonds is 3. The molecule has 1 aromatic carbocycles. The lowest BCUT2D eigenvalue weighted by atomic mass is 10.3. The first-order valence-electron chi connectivity index (χ1n) is 3.77. The molecule has 0 radical (unpaired) electrons. The van der Waals surface area contributed by atoms with Gasteiger partial charge in [-0.2, -0.15) is 11.8 Å². The Hall–Kier alpha value is -0.480. The number of para-hydroxylation sites is 1. The van der Waals surface area contributed by atoms with Crippen LogP contribution < -0.4 is 5.32 Å². The van der Waals surface area contributed by atoms with Gasteiger partial charge >= 0.3 is 0 Å². The summed E-state index contributed by atoms with van der Waals surface area (Å²) < 4.78 is 0.907. The maximum absolute atomic E-state index is 11.2. The largest absolute Gasteiger partial charge is 0.324 e. The van der Waals surface area contributed by atoms with Gasteiger partial charge in [0, 0.05) is 4.47 Å². The van der Waals surface area contributed by atoms with Crippen LogP contribution in [0.1, 0.15) is 0 Å². The fourth-order valence-corrected chi connectivity index (χ4v) is 1.60. The first-order valence-corrected chi connectivity index (χ1v) is 5.96. The van der Waals surface area contributed by atoms with Gasteiger partial charge in [-0.25, -0.2) is 0 Å². The molecular weight excluding hydrogens is 250 g/mol. The number of halogens is 1. The molecule has 0 aliphatic carbocycles. The van der Waals surface area contributed by atoms with Crippen LogP contribution in [0.25, 0.3) is 0 Å². The van der Waals surface area contributed by atoms with E-state index in [9.17, 15) is 4.79 Å². The number of carbonyl (C=O) groups excluding carboxylic acids is 1. The Bertz CT molecular complexity index is 303. The zero-order chi connectivity index (χ0) is 9.68. The normalized spacial score (nSPS) is 9.69. The van der Waals surface area contributed by atoms with Crippen molar-refractivity contribution in [2.45, 2.75) is 0 Å². The minimum Gasteiger partial charge on any atom is -0.324 e. The molecule has 0 aliphatic heterocycles. The maximum Gasteiger partial charge on any atom is 0.234 e. The van der Waals surface area contributed by atoms with Gasteiger partial charge in [0.15, 0.2) is 0 Å². The lowest BCUT2D eigenvalue weighted by Gasteiger charge is -2.05. The van der Waals surface area contributed by atoms with Crippen LogP contribution in [-0.4, -0.2) is 17.9 Å². The number of carbonyl (C=O) groups is 1. The smallest absolute Gasteiger partial charge is 0.234 e. The van der Waals surface area contributed by atoms with Gasteiger partial charge in [0.1, 0.15) is 0 Å². The van der Waals surface area contributed by atoms with Crippen molar-refractivity contribution in [1.82, 2.24) is 0 Å². The molecule has 1 amide bonds. The van der Waals surface area contributed by atoms with Crippen molar-refractivity contribution in [2.24, 2.45) is 0 Å². The van der Waals surface area contributed by atoms with Crippen molar-refractivity contribution in [3.05, 3.63) is 28.7 Å². The number of thioether (sulfide) groups is 1. The van der Waals surface area contributed by atoms with Crippen molar-refractivity contribution < 1.29 is 4.79 Å². The van der Waals surface area contributed by atoms with Crippen LogP contribution in [-0.2, 0) is 4.79 Å². The summed E-state index contributed by atoms with van der Waals surface area (Å²) in [6, 6.07) is 7.56. The van der Waals surface area contributed by atoms with Crippen LogP contribution in [0, 0.1) is 0 Å². The zero-order valence-electron chi connectivity index (χ0n) is 7.21. The summed E-state index contributed by atoms with van der Waals surface area (Å²) in [5, 5.41) is 2.80. The SMILES string of the molecule is CSCC(=O)Nc1ccccc1Br. The van der Waals surface area contributed by atoms with E-state index in [1.165, 1.54) is 11.8 Å². The second-order valence-electron chi connectivity index (χ2n) is 2.46. The summed E-state index contributed by atoms with van der Waals surface area (Å²) in [5.41, 5.74) is 0.821. The first kappa shape index (κ1) is 10.6. The van der Waals surface area contributed by atoms with Crippen LogP contribution in [0.3, 0.4) is 0 Å². The number of hydrogen-bond acceptors (Lipinski definition) is 2. The minimum absolute atomic E-state index is 0.0272. The molecule has 70 valence electrons. The Kier molecular flexibility index (Phi) is 4.32. The molecule has 0 spiro atoms. The maximum atomic E-state index is 11.2. The molecule has 1 rings (SSSR count). The van der Waals surface area contributed by atoms with Crippen LogP contribution in [0.4, 0.5) is 5.69 Å². The number of anilines is 1. The van der Waals surface area contributed by atoms with E-state index in [1.807, 2.05) is 30.5 Å². The average molecular weight is 260 g/mol. The summed E-state index contributed by atoms with van der Waals surface area (Å²) in [4.78, 5) is 11.2. The number of hydrogen-bond donors (Lipinski definition) is 1. The topological polar surface area (TPSA) is 29.1 Å². The highest BCUT2D eigenvalue weighted by Gasteiger charge is 2.02. The Morgan fingerprint density at radius 3 is 2.85 bits per heavy atom. The molecule has 2 nitrogen and oxygen atoms in total. The second-order valence-corrected chi connectivity index (χ2v) is 4.18. The van der Waals surface area contributed by atoms with E-state index < -0.39 is 0 Å². The molecule has 1 N–H and O–H groups in total. The van der Waals surface area contributed by atoms with Gasteiger partial charge in [0.05, 0.1) is 11.4 Å². The van der Waals surface area contributed by atoms with Crippen molar-refractivity contribution in [3.8, 4) is 0 Å². The van der Waals surface area contributed by atoms with E-state index >= 15 is 0 Å². The molecule has 13 heavy (non-hydrogen) atoms. The number of benzene rings is 1. The average Bonchev–Trinajstić information content (AvgIpc) is 2.09. The fourth-order valence-electron chi connectivity index (χ4n) is 0.880. The van der Waals surface area contributed by atoms with Crippen LogP contribution in [0.5, 0.6) is 0 Å². The van der Waals surface area contributed by atoms with Gasteiger partial charge in [-0.1, -0.05) is 12.1 Å². The number of amides is 1. The van der Waals surface area contributed by atoms with Crippen LogP contribution in [0.2, 0.25) is 0 Å². The molecular formula is C9H10BrNOS. The van der Waals surface area contributed by atoms with Gasteiger partial charge in [-0.3, -0.25) is 4.79 Å². The first-order chi connectivity index (χ1) is 6.24. The standard InChI is InChI=1S/C9H10BrNOS/c1-13-6-9(12)11-8-5-3-2-4-7(8)10/h2-5H,6H2,1H3,(H,11,12). The quantitative estimate of drug-likeness (QED) is 0.905. The number of nitrogens with one attached hydrogen (secondary N) is 1. The Balaban J connectivity index is 2.63. The summed E-state index contributed by atoms with van der Waals surface area (Å²) in [5.74, 6) is 0.515. The fraction of sp³-hybridized carbons (Fsp3) is 0.222. The van der Waals surface area contributed by atoms with Gasteiger partial charge in [-0.05, 0) is 34.3 Å². The highest BCUT2D eigenvalue weighted by molar-refractivity contribution is 9.10. The van der Waals surface area contributed by atoms with E-state index in [4.69, 9.17) is 0 Å². The molecule has 0 unspecified atom stereocenters. The predicted octanol–water partition coefficient (Wildman–Crippen LogP) is 2.75. The molecule has 0 saturated carbocycles. The Labute approximate surface area is 90.2 Å². The highest BCUT2D eigenvalue weighted by atomic mass is 79.9. The second kappa shape index (κ2) is 5.29. The van der Waals surface area contributed by atoms with E-state index in [0.29, 0.717) is 5.75 Å². The molecule has 0 fully saturated rings. The molecule has 0 aromatic heterocycles. The third kappa shape index (κ3) is 3.40. The lowest BCUT2D eigenvalue weighted by molar-refractivity contribution is -0.113. The molecule has 0 aliphatic rings. The highest BCUT2D eigenvalue weighted by Crippen LogP contribution is 2.21. The lowest BCUT2D eigenvalue weighted by Crippen LogP contribution is -2.13. The van der Waals surface area contributed by atoms with Crippen LogP contribution in [0.15, 0.2) is 28.7 Å². The van der Waals surface area contributed by atoms with E-state index in [1.54, 1.807) is 0 Å². The van der Waals surface area contributed by atoms with Crippen LogP contribution >= 0.6 is 27.7 Å². The zero-order valence-corrected chi connectivity index (χ0v) is 9.61. The van der Waals surface area contributed by atoms with Crippen molar-refractivity contribution in [1.29, 1.82) is 0 Å². The van der Waals surface area contributed by atoms with Crippen molar-refractivity contribution >= 4 is 39.3 Å². The summed E-state index contributed by atoms with van der Waals surface area (Å²) in [7, 11) is 0. The molecule has 0 bridgehead atoms. The molecule has 0 saturated heterocycles. The minimum atomic E-state index is 0.0272. The Morgan fingerprint density at radius 2 is 2.23 bits per heavy atom. The molecule has 0 atom stereocenters. The van der Waals surface area contributed by atoms with Gasteiger partial charge in [0.25, 0.3) is 0 Å². The third-order valence-electron chi connectivity index (χ3n) is 1.42. The third-order valence-corrected chi connectivity index (χ3v) is 2.67. The van der Waals surface area contributed by atoms with E-state index in [2.05, 4.69) is 21.2 Å².